The summed E-state index contributed by atoms with van der Waals surface area (Å²) in [5.74, 6) is -0.00458. The summed E-state index contributed by atoms with van der Waals surface area (Å²) < 4.78 is 0. The van der Waals surface area contributed by atoms with Crippen LogP contribution in [-0.2, 0) is 0 Å². The van der Waals surface area contributed by atoms with E-state index in [9.17, 15) is 4.79 Å². The quantitative estimate of drug-likeness (QED) is 0.919. The highest BCUT2D eigenvalue weighted by molar-refractivity contribution is 6.00. The summed E-state index contributed by atoms with van der Waals surface area (Å²) in [4.78, 5) is 18.6. The van der Waals surface area contributed by atoms with Gasteiger partial charge in [-0.15, -0.1) is 0 Å². The molecular weight excluding hydrogens is 262 g/mol. The number of amides is 1. The van der Waals surface area contributed by atoms with Crippen molar-refractivity contribution in [3.05, 3.63) is 54.4 Å². The predicted octanol–water partition coefficient (Wildman–Crippen LogP) is 2.46. The fourth-order valence-electron chi connectivity index (χ4n) is 2.75. The molecule has 1 saturated heterocycles. The van der Waals surface area contributed by atoms with E-state index < -0.39 is 0 Å². The highest BCUT2D eigenvalue weighted by atomic mass is 16.2. The first kappa shape index (κ1) is 13.8. The van der Waals surface area contributed by atoms with Crippen LogP contribution in [0, 0.1) is 6.20 Å². The molecule has 0 spiro atoms. The number of likely N-dealkylation sites (tertiary alicyclic amines) is 1. The molecule has 1 unspecified atom stereocenters. The van der Waals surface area contributed by atoms with Crippen molar-refractivity contribution in [3.8, 4) is 11.1 Å². The van der Waals surface area contributed by atoms with E-state index in [0.717, 1.165) is 36.9 Å². The van der Waals surface area contributed by atoms with E-state index >= 15 is 0 Å². The van der Waals surface area contributed by atoms with Crippen LogP contribution in [-0.4, -0.2) is 28.5 Å². The van der Waals surface area contributed by atoms with E-state index in [1.807, 2.05) is 36.4 Å². The largest absolute Gasteiger partial charge is 0.323 e. The number of nitrogens with zero attached hydrogens (tertiary/aromatic N) is 2. The molecule has 21 heavy (non-hydrogen) atoms. The van der Waals surface area contributed by atoms with Gasteiger partial charge in [0, 0.05) is 23.9 Å². The van der Waals surface area contributed by atoms with E-state index in [1.54, 1.807) is 11.1 Å². The van der Waals surface area contributed by atoms with Gasteiger partial charge in [-0.2, -0.15) is 0 Å². The number of nitrogens with two attached hydrogens (primary N) is 1. The summed E-state index contributed by atoms with van der Waals surface area (Å²) >= 11 is 0. The van der Waals surface area contributed by atoms with Gasteiger partial charge in [-0.3, -0.25) is 9.78 Å². The van der Waals surface area contributed by atoms with Gasteiger partial charge in [0.1, 0.15) is 0 Å². The van der Waals surface area contributed by atoms with Crippen LogP contribution in [0.25, 0.3) is 11.1 Å². The molecule has 4 heteroatoms. The predicted molar refractivity (Wildman–Crippen MR) is 81.4 cm³/mol. The molecule has 1 aromatic heterocycles. The maximum absolute atomic E-state index is 12.8. The van der Waals surface area contributed by atoms with Crippen LogP contribution in [0.1, 0.15) is 29.6 Å². The fraction of sp³-hybridized carbons (Fsp3) is 0.294. The summed E-state index contributed by atoms with van der Waals surface area (Å²) in [7, 11) is 0. The molecule has 1 atom stereocenters. The van der Waals surface area contributed by atoms with E-state index in [0.29, 0.717) is 5.56 Å². The van der Waals surface area contributed by atoms with Crippen molar-refractivity contribution in [2.24, 2.45) is 5.73 Å². The molecule has 1 radical (unpaired) electrons. The van der Waals surface area contributed by atoms with Gasteiger partial charge in [0.05, 0.1) is 12.4 Å². The summed E-state index contributed by atoms with van der Waals surface area (Å²) in [5, 5.41) is 0. The molecule has 3 rings (SSSR count). The van der Waals surface area contributed by atoms with Crippen LogP contribution in [0.15, 0.2) is 42.6 Å². The molecule has 107 valence electrons. The molecule has 1 aliphatic rings. The third-order valence-electron chi connectivity index (χ3n) is 3.87. The zero-order valence-corrected chi connectivity index (χ0v) is 11.8. The van der Waals surface area contributed by atoms with Crippen LogP contribution in [0.3, 0.4) is 0 Å². The molecule has 0 aliphatic carbocycles. The summed E-state index contributed by atoms with van der Waals surface area (Å²) in [5.41, 5.74) is 8.44. The van der Waals surface area contributed by atoms with Crippen molar-refractivity contribution >= 4 is 5.91 Å². The van der Waals surface area contributed by atoms with Crippen LogP contribution in [0.2, 0.25) is 0 Å². The molecule has 1 aromatic carbocycles. The van der Waals surface area contributed by atoms with Crippen LogP contribution >= 0.6 is 0 Å². The van der Waals surface area contributed by atoms with Gasteiger partial charge in [0.2, 0.25) is 0 Å². The van der Waals surface area contributed by atoms with Gasteiger partial charge < -0.3 is 10.6 Å². The summed E-state index contributed by atoms with van der Waals surface area (Å²) in [6.45, 7) is 0.727. The van der Waals surface area contributed by atoms with Crippen molar-refractivity contribution in [2.45, 2.75) is 25.4 Å². The lowest BCUT2D eigenvalue weighted by atomic mass is 9.99. The number of carbonyl (C=O) groups is 1. The maximum atomic E-state index is 12.8. The van der Waals surface area contributed by atoms with Crippen molar-refractivity contribution < 1.29 is 4.79 Å². The Labute approximate surface area is 124 Å². The second kappa shape index (κ2) is 6.06. The van der Waals surface area contributed by atoms with Crippen molar-refractivity contribution in [1.82, 2.24) is 9.88 Å². The van der Waals surface area contributed by atoms with Gasteiger partial charge in [0.25, 0.3) is 5.91 Å². The van der Waals surface area contributed by atoms with Gasteiger partial charge >= 0.3 is 0 Å². The minimum Gasteiger partial charge on any atom is -0.323 e. The first-order valence-electron chi connectivity index (χ1n) is 7.26. The lowest BCUT2D eigenvalue weighted by Crippen LogP contribution is -2.48. The van der Waals surface area contributed by atoms with Crippen molar-refractivity contribution in [3.63, 3.8) is 0 Å². The average molecular weight is 280 g/mol. The number of piperidine rings is 1. The Morgan fingerprint density at radius 2 is 2.10 bits per heavy atom. The minimum atomic E-state index is -0.183. The molecule has 0 saturated carbocycles. The first-order valence-corrected chi connectivity index (χ1v) is 7.26. The molecule has 1 aliphatic heterocycles. The van der Waals surface area contributed by atoms with Crippen molar-refractivity contribution in [1.29, 1.82) is 0 Å². The number of hydrogen-bond acceptors (Lipinski definition) is 3. The summed E-state index contributed by atoms with van der Waals surface area (Å²) in [6, 6.07) is 11.3. The molecular formula is C17H18N3O. The molecule has 0 bridgehead atoms. The minimum absolute atomic E-state index is 0.00458. The third-order valence-corrected chi connectivity index (χ3v) is 3.87. The zero-order chi connectivity index (χ0) is 14.7. The number of benzene rings is 1. The number of carbonyl (C=O) groups excluding carboxylic acids is 1. The molecule has 2 aromatic rings. The number of pyridine rings is 1. The Hall–Kier alpha value is -2.20. The van der Waals surface area contributed by atoms with Crippen LogP contribution < -0.4 is 5.73 Å². The lowest BCUT2D eigenvalue weighted by Gasteiger charge is -2.33. The Kier molecular flexibility index (Phi) is 3.97. The molecule has 2 heterocycles. The second-order valence-corrected chi connectivity index (χ2v) is 5.27. The van der Waals surface area contributed by atoms with E-state index in [4.69, 9.17) is 5.73 Å². The van der Waals surface area contributed by atoms with Crippen molar-refractivity contribution in [2.75, 3.05) is 6.54 Å². The first-order chi connectivity index (χ1) is 10.3. The van der Waals surface area contributed by atoms with Gasteiger partial charge in [-0.05, 0) is 37.0 Å². The molecule has 2 N–H and O–H groups in total. The van der Waals surface area contributed by atoms with Crippen LogP contribution in [0.5, 0.6) is 0 Å². The lowest BCUT2D eigenvalue weighted by molar-refractivity contribution is 0.0622. The zero-order valence-electron chi connectivity index (χ0n) is 11.8. The van der Waals surface area contributed by atoms with Gasteiger partial charge in [-0.25, -0.2) is 0 Å². The number of rotatable bonds is 2. The Balaban J connectivity index is 1.97. The van der Waals surface area contributed by atoms with Crippen LogP contribution in [0.4, 0.5) is 0 Å². The fourth-order valence-corrected chi connectivity index (χ4v) is 2.75. The Morgan fingerprint density at radius 3 is 2.86 bits per heavy atom. The highest BCUT2D eigenvalue weighted by Gasteiger charge is 2.26. The molecule has 1 amide bonds. The Bertz CT molecular complexity index is 627. The van der Waals surface area contributed by atoms with E-state index in [1.165, 1.54) is 0 Å². The normalized spacial score (nSPS) is 18.5. The Morgan fingerprint density at radius 1 is 1.24 bits per heavy atom. The standard InChI is InChI=1S/C17H18N3O/c18-16-9-3-4-11-20(16)17(21)15-8-2-1-7-14(15)13-6-5-10-19-12-13/h1-2,5-8,10,16H,3-4,9,11,18H2. The van der Waals surface area contributed by atoms with Gasteiger partial charge in [-0.1, -0.05) is 24.3 Å². The van der Waals surface area contributed by atoms with E-state index in [-0.39, 0.29) is 12.1 Å². The monoisotopic (exact) mass is 280 g/mol. The number of hydrogen-bond donors (Lipinski definition) is 1. The second-order valence-electron chi connectivity index (χ2n) is 5.27. The molecule has 4 nitrogen and oxygen atoms in total. The van der Waals surface area contributed by atoms with Gasteiger partial charge in [0.15, 0.2) is 0 Å². The SMILES string of the molecule is NC1CCCCN1C(=O)c1ccccc1-c1[c]nccc1. The third kappa shape index (κ3) is 2.81. The smallest absolute Gasteiger partial charge is 0.255 e. The molecule has 1 fully saturated rings. The maximum Gasteiger partial charge on any atom is 0.255 e. The summed E-state index contributed by atoms with van der Waals surface area (Å²) in [6.07, 6.45) is 7.40. The number of aromatic nitrogens is 1. The highest BCUT2D eigenvalue weighted by Crippen LogP contribution is 2.25. The topological polar surface area (TPSA) is 59.2 Å². The van der Waals surface area contributed by atoms with E-state index in [2.05, 4.69) is 11.2 Å². The average Bonchev–Trinajstić information content (AvgIpc) is 2.55.